The Labute approximate surface area is 153 Å². The number of thiophene rings is 1. The van der Waals surface area contributed by atoms with E-state index in [1.54, 1.807) is 0 Å². The summed E-state index contributed by atoms with van der Waals surface area (Å²) < 4.78 is 1.37. The molecule has 1 heteroatoms. The van der Waals surface area contributed by atoms with E-state index in [4.69, 9.17) is 0 Å². The van der Waals surface area contributed by atoms with E-state index in [-0.39, 0.29) is 0 Å². The van der Waals surface area contributed by atoms with Crippen LogP contribution in [0.3, 0.4) is 0 Å². The van der Waals surface area contributed by atoms with Gasteiger partial charge in [-0.05, 0) is 59.9 Å². The number of benzene rings is 3. The van der Waals surface area contributed by atoms with E-state index in [0.717, 1.165) is 6.42 Å². The monoisotopic (exact) mass is 342 g/mol. The van der Waals surface area contributed by atoms with Crippen LogP contribution in [0.5, 0.6) is 0 Å². The van der Waals surface area contributed by atoms with E-state index in [2.05, 4.69) is 87.5 Å². The van der Waals surface area contributed by atoms with Gasteiger partial charge in [-0.2, -0.15) is 0 Å². The SMILES string of the molecule is CC/C(C)=C\c1c(C)sc2ccc(-c3cccc4ccccc34)cc12. The largest absolute Gasteiger partial charge is 0.140 e. The molecule has 0 nitrogen and oxygen atoms in total. The third kappa shape index (κ3) is 2.89. The van der Waals surface area contributed by atoms with Crippen LogP contribution >= 0.6 is 11.3 Å². The molecule has 0 fully saturated rings. The molecule has 1 aromatic heterocycles. The predicted molar refractivity (Wildman–Crippen MR) is 113 cm³/mol. The summed E-state index contributed by atoms with van der Waals surface area (Å²) in [4.78, 5) is 1.40. The summed E-state index contributed by atoms with van der Waals surface area (Å²) in [5.74, 6) is 0. The molecule has 124 valence electrons. The van der Waals surface area contributed by atoms with Crippen LogP contribution in [0.15, 0.2) is 66.2 Å². The topological polar surface area (TPSA) is 0 Å². The number of allylic oxidation sites excluding steroid dienone is 1. The van der Waals surface area contributed by atoms with Gasteiger partial charge >= 0.3 is 0 Å². The van der Waals surface area contributed by atoms with Crippen LogP contribution in [-0.2, 0) is 0 Å². The first-order chi connectivity index (χ1) is 12.2. The number of aryl methyl sites for hydroxylation is 1. The van der Waals surface area contributed by atoms with Gasteiger partial charge in [0.2, 0.25) is 0 Å². The molecule has 0 N–H and O–H groups in total. The molecule has 0 aliphatic heterocycles. The fraction of sp³-hybridized carbons (Fsp3) is 0.167. The second kappa shape index (κ2) is 6.50. The molecule has 3 aromatic carbocycles. The molecule has 4 aromatic rings. The third-order valence-corrected chi connectivity index (χ3v) is 6.06. The standard InChI is InChI=1S/C24H22S/c1-4-16(2)14-22-17(3)25-24-13-12-19(15-23(22)24)21-11-7-9-18-8-5-6-10-20(18)21/h5-15H,4H2,1-3H3/b16-14-. The first-order valence-electron chi connectivity index (χ1n) is 8.86. The highest BCUT2D eigenvalue weighted by Crippen LogP contribution is 2.37. The molecule has 25 heavy (non-hydrogen) atoms. The summed E-state index contributed by atoms with van der Waals surface area (Å²) in [6.07, 6.45) is 3.46. The fourth-order valence-electron chi connectivity index (χ4n) is 3.41. The van der Waals surface area contributed by atoms with Crippen molar-refractivity contribution in [3.8, 4) is 11.1 Å². The summed E-state index contributed by atoms with van der Waals surface area (Å²) in [7, 11) is 0. The van der Waals surface area contributed by atoms with E-state index in [0.29, 0.717) is 0 Å². The van der Waals surface area contributed by atoms with Gasteiger partial charge in [0.05, 0.1) is 0 Å². The maximum absolute atomic E-state index is 2.37. The van der Waals surface area contributed by atoms with Crippen LogP contribution in [0.25, 0.3) is 38.1 Å². The van der Waals surface area contributed by atoms with E-state index in [9.17, 15) is 0 Å². The molecule has 0 unspecified atom stereocenters. The first-order valence-corrected chi connectivity index (χ1v) is 9.67. The van der Waals surface area contributed by atoms with Crippen molar-refractivity contribution in [1.82, 2.24) is 0 Å². The van der Waals surface area contributed by atoms with Crippen LogP contribution in [0, 0.1) is 6.92 Å². The molecule has 0 aliphatic carbocycles. The molecule has 0 aliphatic rings. The second-order valence-corrected chi connectivity index (χ2v) is 7.91. The maximum Gasteiger partial charge on any atom is 0.0352 e. The predicted octanol–water partition coefficient (Wildman–Crippen LogP) is 7.84. The number of hydrogen-bond acceptors (Lipinski definition) is 1. The summed E-state index contributed by atoms with van der Waals surface area (Å²) in [5.41, 5.74) is 5.43. The maximum atomic E-state index is 2.37. The van der Waals surface area contributed by atoms with Gasteiger partial charge in [0.25, 0.3) is 0 Å². The highest BCUT2D eigenvalue weighted by Gasteiger charge is 2.10. The first kappa shape index (κ1) is 16.1. The van der Waals surface area contributed by atoms with Gasteiger partial charge in [0.15, 0.2) is 0 Å². The molecule has 4 rings (SSSR count). The Kier molecular flexibility index (Phi) is 4.19. The summed E-state index contributed by atoms with van der Waals surface area (Å²) >= 11 is 1.89. The van der Waals surface area contributed by atoms with Gasteiger partial charge in [-0.3, -0.25) is 0 Å². The van der Waals surface area contributed by atoms with Crippen molar-refractivity contribution >= 4 is 38.3 Å². The average molecular weight is 343 g/mol. The van der Waals surface area contributed by atoms with Gasteiger partial charge < -0.3 is 0 Å². The van der Waals surface area contributed by atoms with E-state index in [1.807, 2.05) is 11.3 Å². The molecule has 0 radical (unpaired) electrons. The van der Waals surface area contributed by atoms with Gasteiger partial charge in [0.1, 0.15) is 0 Å². The lowest BCUT2D eigenvalue weighted by Crippen LogP contribution is -1.82. The lowest BCUT2D eigenvalue weighted by atomic mass is 9.96. The van der Waals surface area contributed by atoms with Crippen molar-refractivity contribution in [1.29, 1.82) is 0 Å². The molecule has 0 saturated heterocycles. The Bertz CT molecular complexity index is 1090. The summed E-state index contributed by atoms with van der Waals surface area (Å²) in [5, 5.41) is 3.99. The molecular formula is C24H22S. The van der Waals surface area contributed by atoms with E-state index >= 15 is 0 Å². The Morgan fingerprint density at radius 3 is 2.60 bits per heavy atom. The third-order valence-electron chi connectivity index (χ3n) is 4.96. The van der Waals surface area contributed by atoms with E-state index < -0.39 is 0 Å². The minimum absolute atomic E-state index is 1.10. The smallest absolute Gasteiger partial charge is 0.0352 e. The van der Waals surface area contributed by atoms with Crippen molar-refractivity contribution < 1.29 is 0 Å². The number of rotatable bonds is 3. The van der Waals surface area contributed by atoms with Gasteiger partial charge in [-0.25, -0.2) is 0 Å². The summed E-state index contributed by atoms with van der Waals surface area (Å²) in [6.45, 7) is 6.67. The minimum Gasteiger partial charge on any atom is -0.140 e. The highest BCUT2D eigenvalue weighted by molar-refractivity contribution is 7.19. The van der Waals surface area contributed by atoms with Crippen molar-refractivity contribution in [2.45, 2.75) is 27.2 Å². The zero-order valence-electron chi connectivity index (χ0n) is 15.0. The lowest BCUT2D eigenvalue weighted by Gasteiger charge is -2.08. The molecule has 0 amide bonds. The Hall–Kier alpha value is -2.38. The van der Waals surface area contributed by atoms with Crippen molar-refractivity contribution in [2.24, 2.45) is 0 Å². The van der Waals surface area contributed by atoms with Crippen LogP contribution in [0.4, 0.5) is 0 Å². The molecule has 1 heterocycles. The normalized spacial score (nSPS) is 12.2. The van der Waals surface area contributed by atoms with Gasteiger partial charge in [0, 0.05) is 15.0 Å². The molecule has 0 atom stereocenters. The number of hydrogen-bond donors (Lipinski definition) is 0. The molecule has 0 saturated carbocycles. The fourth-order valence-corrected chi connectivity index (χ4v) is 4.44. The molecule has 0 bridgehead atoms. The van der Waals surface area contributed by atoms with Crippen molar-refractivity contribution in [2.75, 3.05) is 0 Å². The Morgan fingerprint density at radius 2 is 1.76 bits per heavy atom. The van der Waals surface area contributed by atoms with Crippen LogP contribution in [-0.4, -0.2) is 0 Å². The Balaban J connectivity index is 1.96. The average Bonchev–Trinajstić information content (AvgIpc) is 2.96. The lowest BCUT2D eigenvalue weighted by molar-refractivity contribution is 1.11. The van der Waals surface area contributed by atoms with Crippen LogP contribution < -0.4 is 0 Å². The zero-order valence-corrected chi connectivity index (χ0v) is 15.8. The van der Waals surface area contributed by atoms with Gasteiger partial charge in [-0.1, -0.05) is 67.1 Å². The van der Waals surface area contributed by atoms with Crippen LogP contribution in [0.1, 0.15) is 30.7 Å². The molecule has 0 spiro atoms. The quantitative estimate of drug-likeness (QED) is 0.355. The molecular weight excluding hydrogens is 320 g/mol. The van der Waals surface area contributed by atoms with Crippen LogP contribution in [0.2, 0.25) is 0 Å². The number of fused-ring (bicyclic) bond motifs is 2. The minimum atomic E-state index is 1.10. The van der Waals surface area contributed by atoms with Crippen molar-refractivity contribution in [3.63, 3.8) is 0 Å². The second-order valence-electron chi connectivity index (χ2n) is 6.65. The summed E-state index contributed by atoms with van der Waals surface area (Å²) in [6, 6.07) is 22.1. The Morgan fingerprint density at radius 1 is 0.960 bits per heavy atom. The van der Waals surface area contributed by atoms with Gasteiger partial charge in [-0.15, -0.1) is 11.3 Å². The van der Waals surface area contributed by atoms with E-state index in [1.165, 1.54) is 48.0 Å². The highest BCUT2D eigenvalue weighted by atomic mass is 32.1. The zero-order chi connectivity index (χ0) is 17.4. The van der Waals surface area contributed by atoms with Crippen molar-refractivity contribution in [3.05, 3.63) is 76.7 Å².